The predicted octanol–water partition coefficient (Wildman–Crippen LogP) is 0.0123. The van der Waals surface area contributed by atoms with Gasteiger partial charge in [0.2, 0.25) is 0 Å². The molecule has 1 aromatic carbocycles. The van der Waals surface area contributed by atoms with E-state index in [0.717, 1.165) is 19.4 Å². The molecule has 0 bridgehead atoms. The van der Waals surface area contributed by atoms with Crippen LogP contribution in [0, 0.1) is 0 Å². The Morgan fingerprint density at radius 3 is 2.11 bits per heavy atom. The third kappa shape index (κ3) is 1.97. The molecule has 2 unspecified atom stereocenters. The van der Waals surface area contributed by atoms with E-state index < -0.39 is 27.6 Å². The highest BCUT2D eigenvalue weighted by Crippen LogP contribution is 2.56. The molecule has 2 atom stereocenters. The number of aliphatic hydroxyl groups is 1. The van der Waals surface area contributed by atoms with Crippen molar-refractivity contribution >= 4 is 38.7 Å². The van der Waals surface area contributed by atoms with Crippen molar-refractivity contribution in [3.8, 4) is 0 Å². The maximum atomic E-state index is 12.6. The van der Waals surface area contributed by atoms with Gasteiger partial charge in [-0.1, -0.05) is 34.2 Å². The number of halogens is 3. The molecular weight excluding hydrogens is 247 g/mol. The first-order valence-corrected chi connectivity index (χ1v) is 5.34. The van der Waals surface area contributed by atoms with Crippen LogP contribution in [0.3, 0.4) is 0 Å². The van der Waals surface area contributed by atoms with Gasteiger partial charge in [-0.2, -0.15) is 13.2 Å². The highest BCUT2D eigenvalue weighted by molar-refractivity contribution is 6.78. The van der Waals surface area contributed by atoms with Crippen LogP contribution in [0.4, 0.5) is 13.2 Å². The Morgan fingerprint density at radius 1 is 1.11 bits per heavy atom. The lowest BCUT2D eigenvalue weighted by atomic mass is 9.01. The summed E-state index contributed by atoms with van der Waals surface area (Å²) in [4.78, 5) is 0. The summed E-state index contributed by atoms with van der Waals surface area (Å²) in [5.74, 6) is 0. The zero-order valence-corrected chi connectivity index (χ0v) is 9.78. The minimum absolute atomic E-state index is 0.0300. The van der Waals surface area contributed by atoms with Gasteiger partial charge in [-0.25, -0.2) is 0 Å². The first-order chi connectivity index (χ1) is 8.42. The Balaban J connectivity index is 2.45. The summed E-state index contributed by atoms with van der Waals surface area (Å²) in [5, 5.41) is 3.98. The van der Waals surface area contributed by atoms with E-state index in [9.17, 15) is 18.3 Å². The standard InChI is InChI=1S/C10H5B5F3O/c11-7(9(12,13)10(14,19)15-7)5-2-1-3-6(4-5)8(16,17)18/h1-4,19H. The van der Waals surface area contributed by atoms with E-state index in [4.69, 9.17) is 31.4 Å². The minimum atomic E-state index is -4.51. The predicted molar refractivity (Wildman–Crippen MR) is 69.5 cm³/mol. The van der Waals surface area contributed by atoms with Gasteiger partial charge >= 0.3 is 6.18 Å². The zero-order chi connectivity index (χ0) is 14.7. The van der Waals surface area contributed by atoms with Crippen molar-refractivity contribution in [3.63, 3.8) is 0 Å². The third-order valence-corrected chi connectivity index (χ3v) is 3.46. The average Bonchev–Trinajstić information content (AvgIpc) is 2.27. The monoisotopic (exact) mass is 253 g/mol. The van der Waals surface area contributed by atoms with Gasteiger partial charge in [0, 0.05) is 0 Å². The van der Waals surface area contributed by atoms with Crippen molar-refractivity contribution in [1.82, 2.24) is 0 Å². The van der Waals surface area contributed by atoms with E-state index >= 15 is 0 Å². The first kappa shape index (κ1) is 14.7. The van der Waals surface area contributed by atoms with Crippen LogP contribution in [0.5, 0.6) is 0 Å². The third-order valence-electron chi connectivity index (χ3n) is 3.46. The Morgan fingerprint density at radius 2 is 1.68 bits per heavy atom. The van der Waals surface area contributed by atoms with Crippen molar-refractivity contribution < 1.29 is 18.3 Å². The maximum Gasteiger partial charge on any atom is 0.416 e. The number of rotatable bonds is 1. The second-order valence-electron chi connectivity index (χ2n) is 4.79. The number of hydrogen-bond donors (Lipinski definition) is 1. The van der Waals surface area contributed by atoms with Crippen molar-refractivity contribution in [2.75, 3.05) is 0 Å². The molecule has 19 heavy (non-hydrogen) atoms. The molecule has 1 aliphatic heterocycles. The molecule has 9 heteroatoms. The van der Waals surface area contributed by atoms with E-state index in [1.165, 1.54) is 12.1 Å². The molecule has 1 N–H and O–H groups in total. The molecule has 0 aromatic heterocycles. The maximum absolute atomic E-state index is 12.6. The molecule has 1 heterocycles. The molecule has 0 amide bonds. The van der Waals surface area contributed by atoms with Crippen LogP contribution in [0.25, 0.3) is 0 Å². The number of benzene rings is 1. The summed E-state index contributed by atoms with van der Waals surface area (Å²) in [6.07, 6.45) is -4.51. The summed E-state index contributed by atoms with van der Waals surface area (Å²) < 4.78 is 37.9. The fraction of sp³-hybridized carbons (Fsp3) is 0.400. The van der Waals surface area contributed by atoms with Gasteiger partial charge in [-0.15, -0.1) is 0 Å². The number of hydrogen-bond acceptors (Lipinski definition) is 1. The molecule has 9 radical (unpaired) electrons. The lowest BCUT2D eigenvalue weighted by molar-refractivity contribution is -0.137. The molecule has 1 aromatic rings. The zero-order valence-electron chi connectivity index (χ0n) is 9.78. The smallest absolute Gasteiger partial charge is 0.409 e. The largest absolute Gasteiger partial charge is 0.416 e. The van der Waals surface area contributed by atoms with Gasteiger partial charge in [0.05, 0.1) is 36.9 Å². The van der Waals surface area contributed by atoms with Crippen LogP contribution < -0.4 is 0 Å². The van der Waals surface area contributed by atoms with Crippen LogP contribution >= 0.6 is 0 Å². The molecule has 0 aliphatic carbocycles. The van der Waals surface area contributed by atoms with E-state index in [2.05, 4.69) is 0 Å². The highest BCUT2D eigenvalue weighted by Gasteiger charge is 2.62. The molecule has 1 saturated heterocycles. The summed E-state index contributed by atoms with van der Waals surface area (Å²) in [5.41, 5.74) is -0.853. The van der Waals surface area contributed by atoms with Crippen molar-refractivity contribution in [2.45, 2.75) is 22.0 Å². The van der Waals surface area contributed by atoms with Gasteiger partial charge in [-0.05, 0) is 11.5 Å². The van der Waals surface area contributed by atoms with E-state index in [-0.39, 0.29) is 5.56 Å². The van der Waals surface area contributed by atoms with Gasteiger partial charge in [0.15, 0.2) is 0 Å². The second kappa shape index (κ2) is 3.90. The molecular formula is C10H5B5F3O. The van der Waals surface area contributed by atoms with Crippen molar-refractivity contribution in [2.24, 2.45) is 0 Å². The molecule has 1 nitrogen and oxygen atoms in total. The van der Waals surface area contributed by atoms with Gasteiger partial charge in [0.1, 0.15) is 7.28 Å². The second-order valence-corrected chi connectivity index (χ2v) is 4.79. The quantitative estimate of drug-likeness (QED) is 0.698. The van der Waals surface area contributed by atoms with Crippen LogP contribution in [0.2, 0.25) is 5.21 Å². The Labute approximate surface area is 115 Å². The highest BCUT2D eigenvalue weighted by atomic mass is 19.4. The van der Waals surface area contributed by atoms with Crippen LogP contribution in [-0.4, -0.2) is 49.2 Å². The summed E-state index contributed by atoms with van der Waals surface area (Å²) in [6.45, 7) is 0. The van der Waals surface area contributed by atoms with E-state index in [1.54, 1.807) is 0 Å². The van der Waals surface area contributed by atoms with Gasteiger partial charge in [0.25, 0.3) is 0 Å². The molecule has 87 valence electrons. The fourth-order valence-electron chi connectivity index (χ4n) is 2.11. The topological polar surface area (TPSA) is 20.2 Å². The summed E-state index contributed by atoms with van der Waals surface area (Å²) in [6, 6.07) is 4.26. The average molecular weight is 252 g/mol. The van der Waals surface area contributed by atoms with Crippen LogP contribution in [0.1, 0.15) is 11.1 Å². The Bertz CT molecular complexity index is 516. The summed E-state index contributed by atoms with van der Waals surface area (Å²) >= 11 is 0. The normalized spacial score (nSPS) is 33.3. The lowest BCUT2D eigenvalue weighted by Crippen LogP contribution is -2.76. The van der Waals surface area contributed by atoms with Gasteiger partial charge < -0.3 is 5.11 Å². The van der Waals surface area contributed by atoms with Crippen LogP contribution in [-0.2, 0) is 11.4 Å². The molecule has 0 saturated carbocycles. The van der Waals surface area contributed by atoms with E-state index in [0.29, 0.717) is 0 Å². The SMILES string of the molecule is [B]C1(O)[B]C([B])(c2cccc(C(F)(F)F)c2)C1([B])[B]. The lowest BCUT2D eigenvalue weighted by Gasteiger charge is -2.67. The van der Waals surface area contributed by atoms with E-state index in [1.807, 2.05) is 0 Å². The summed E-state index contributed by atoms with van der Waals surface area (Å²) in [7, 11) is 23.6. The minimum Gasteiger partial charge on any atom is -0.409 e. The van der Waals surface area contributed by atoms with Crippen LogP contribution in [0.15, 0.2) is 24.3 Å². The van der Waals surface area contributed by atoms with Crippen molar-refractivity contribution in [1.29, 1.82) is 0 Å². The molecule has 0 spiro atoms. The fourth-order valence-corrected chi connectivity index (χ4v) is 2.11. The molecule has 1 fully saturated rings. The Kier molecular flexibility index (Phi) is 3.02. The first-order valence-electron chi connectivity index (χ1n) is 5.34. The number of alkyl halides is 3. The Hall–Kier alpha value is -0.705. The molecule has 1 aliphatic rings. The van der Waals surface area contributed by atoms with Crippen molar-refractivity contribution in [3.05, 3.63) is 35.4 Å². The van der Waals surface area contributed by atoms with Gasteiger partial charge in [-0.3, -0.25) is 0 Å². The molecule has 2 rings (SSSR count).